The zero-order valence-corrected chi connectivity index (χ0v) is 22.3. The van der Waals surface area contributed by atoms with Crippen molar-refractivity contribution in [3.8, 4) is 5.75 Å². The molecule has 206 valence electrons. The van der Waals surface area contributed by atoms with Crippen LogP contribution < -0.4 is 26.3 Å². The Morgan fingerprint density at radius 3 is 2.63 bits per heavy atom. The lowest BCUT2D eigenvalue weighted by Gasteiger charge is -2.24. The molecule has 3 atom stereocenters. The maximum Gasteiger partial charge on any atom is 0.339 e. The van der Waals surface area contributed by atoms with Crippen LogP contribution in [0.1, 0.15) is 56.2 Å². The van der Waals surface area contributed by atoms with E-state index >= 15 is 0 Å². The van der Waals surface area contributed by atoms with Gasteiger partial charge in [-0.25, -0.2) is 4.79 Å². The first-order valence-electron chi connectivity index (χ1n) is 13.4. The molecule has 0 bridgehead atoms. The largest absolute Gasteiger partial charge is 0.483 e. The van der Waals surface area contributed by atoms with Gasteiger partial charge in [-0.1, -0.05) is 20.3 Å². The zero-order chi connectivity index (χ0) is 27.2. The molecule has 2 aliphatic rings. The summed E-state index contributed by atoms with van der Waals surface area (Å²) in [5.74, 6) is -0.870. The summed E-state index contributed by atoms with van der Waals surface area (Å²) in [4.78, 5) is 50.0. The highest BCUT2D eigenvalue weighted by Crippen LogP contribution is 2.32. The molecule has 1 fully saturated rings. The van der Waals surface area contributed by atoms with E-state index in [1.54, 1.807) is 13.0 Å². The van der Waals surface area contributed by atoms with Crippen LogP contribution in [0.5, 0.6) is 5.75 Å². The van der Waals surface area contributed by atoms with Crippen LogP contribution in [0, 0.1) is 12.8 Å². The first-order valence-corrected chi connectivity index (χ1v) is 13.4. The van der Waals surface area contributed by atoms with Crippen molar-refractivity contribution in [3.05, 3.63) is 39.2 Å². The van der Waals surface area contributed by atoms with E-state index < -0.39 is 17.9 Å². The number of carbonyl (C=O) groups excluding carboxylic acids is 3. The Morgan fingerprint density at radius 2 is 1.89 bits per heavy atom. The van der Waals surface area contributed by atoms with Crippen LogP contribution in [0.4, 0.5) is 0 Å². The van der Waals surface area contributed by atoms with Gasteiger partial charge in [0.1, 0.15) is 17.4 Å². The molecular weight excluding hydrogens is 490 g/mol. The minimum absolute atomic E-state index is 0.00888. The Bertz CT molecular complexity index is 1250. The van der Waals surface area contributed by atoms with E-state index in [0.29, 0.717) is 36.5 Å². The molecule has 1 aliphatic heterocycles. The third kappa shape index (κ3) is 6.35. The maximum absolute atomic E-state index is 12.7. The van der Waals surface area contributed by atoms with Gasteiger partial charge in [-0.15, -0.1) is 0 Å². The molecule has 2 aromatic rings. The number of benzene rings is 1. The second-order valence-electron chi connectivity index (χ2n) is 10.1. The summed E-state index contributed by atoms with van der Waals surface area (Å²) in [5, 5.41) is 9.04. The van der Waals surface area contributed by atoms with Crippen LogP contribution in [0.15, 0.2) is 21.3 Å². The molecule has 10 nitrogen and oxygen atoms in total. The van der Waals surface area contributed by atoms with Crippen molar-refractivity contribution >= 4 is 28.7 Å². The summed E-state index contributed by atoms with van der Waals surface area (Å²) in [5.41, 5.74) is 2.59. The maximum atomic E-state index is 12.7. The predicted octanol–water partition coefficient (Wildman–Crippen LogP) is 1.91. The van der Waals surface area contributed by atoms with E-state index in [1.165, 1.54) is 0 Å². The lowest BCUT2D eigenvalue weighted by atomic mass is 9.98. The van der Waals surface area contributed by atoms with E-state index in [1.807, 2.05) is 19.9 Å². The van der Waals surface area contributed by atoms with Crippen LogP contribution >= 0.6 is 0 Å². The molecule has 1 saturated heterocycles. The number of amides is 3. The van der Waals surface area contributed by atoms with Gasteiger partial charge in [-0.05, 0) is 62.6 Å². The zero-order valence-electron chi connectivity index (χ0n) is 22.3. The van der Waals surface area contributed by atoms with Crippen molar-refractivity contribution in [1.82, 2.24) is 16.0 Å². The van der Waals surface area contributed by atoms with E-state index in [4.69, 9.17) is 13.9 Å². The van der Waals surface area contributed by atoms with Gasteiger partial charge in [0.15, 0.2) is 6.61 Å². The van der Waals surface area contributed by atoms with Crippen molar-refractivity contribution in [3.63, 3.8) is 0 Å². The van der Waals surface area contributed by atoms with E-state index in [2.05, 4.69) is 16.0 Å². The highest BCUT2D eigenvalue weighted by Gasteiger charge is 2.27. The van der Waals surface area contributed by atoms with Gasteiger partial charge in [0.05, 0.1) is 12.6 Å². The third-order valence-corrected chi connectivity index (χ3v) is 7.49. The molecule has 0 radical (unpaired) electrons. The summed E-state index contributed by atoms with van der Waals surface area (Å²) >= 11 is 0. The number of nitrogens with one attached hydrogen (secondary N) is 3. The smallest absolute Gasteiger partial charge is 0.339 e. The van der Waals surface area contributed by atoms with Gasteiger partial charge in [0.25, 0.3) is 5.91 Å². The van der Waals surface area contributed by atoms with Crippen molar-refractivity contribution in [2.45, 2.75) is 71.4 Å². The Balaban J connectivity index is 1.28. The average molecular weight is 528 g/mol. The Labute approximate surface area is 221 Å². The molecule has 1 aromatic carbocycles. The Morgan fingerprint density at radius 1 is 1.11 bits per heavy atom. The Hall–Kier alpha value is -3.40. The van der Waals surface area contributed by atoms with E-state index in [-0.39, 0.29) is 36.7 Å². The molecule has 0 saturated carbocycles. The first-order chi connectivity index (χ1) is 18.3. The SMILES string of the molecule is CC[C@H](C)[C@H](NC(=O)CNC(=O)COc1ccc2c3c(c(=O)oc2c1C)CCC3)C(=O)NC[C@H]1CCCO1. The van der Waals surface area contributed by atoms with Gasteiger partial charge in [-0.2, -0.15) is 0 Å². The minimum Gasteiger partial charge on any atom is -0.483 e. The number of aryl methyl sites for hydroxylation is 2. The van der Waals surface area contributed by atoms with Crippen LogP contribution in [-0.4, -0.2) is 56.2 Å². The van der Waals surface area contributed by atoms with Crippen molar-refractivity contribution in [2.24, 2.45) is 5.92 Å². The van der Waals surface area contributed by atoms with Gasteiger partial charge in [0, 0.05) is 29.7 Å². The molecule has 0 spiro atoms. The number of carbonyl (C=O) groups is 3. The van der Waals surface area contributed by atoms with Crippen molar-refractivity contribution < 1.29 is 28.3 Å². The summed E-state index contributed by atoms with van der Waals surface area (Å²) in [6.07, 6.45) is 5.11. The molecule has 2 heterocycles. The summed E-state index contributed by atoms with van der Waals surface area (Å²) in [6.45, 7) is 6.14. The lowest BCUT2D eigenvalue weighted by Crippen LogP contribution is -2.53. The summed E-state index contributed by atoms with van der Waals surface area (Å²) in [7, 11) is 0. The normalized spacial score (nSPS) is 18.0. The van der Waals surface area contributed by atoms with E-state index in [9.17, 15) is 19.2 Å². The highest BCUT2D eigenvalue weighted by atomic mass is 16.5. The molecule has 3 amide bonds. The molecule has 10 heteroatoms. The van der Waals surface area contributed by atoms with Crippen molar-refractivity contribution in [1.29, 1.82) is 0 Å². The quantitative estimate of drug-likeness (QED) is 0.380. The molecule has 4 rings (SSSR count). The minimum atomic E-state index is -0.710. The van der Waals surface area contributed by atoms with Gasteiger partial charge in [-0.3, -0.25) is 14.4 Å². The fourth-order valence-electron chi connectivity index (χ4n) is 5.05. The van der Waals surface area contributed by atoms with Crippen LogP contribution in [0.25, 0.3) is 11.0 Å². The molecular formula is C28H37N3O7. The van der Waals surface area contributed by atoms with Crippen LogP contribution in [-0.2, 0) is 32.0 Å². The van der Waals surface area contributed by atoms with Gasteiger partial charge >= 0.3 is 5.63 Å². The molecule has 38 heavy (non-hydrogen) atoms. The van der Waals surface area contributed by atoms with Crippen molar-refractivity contribution in [2.75, 3.05) is 26.3 Å². The van der Waals surface area contributed by atoms with Crippen LogP contribution in [0.2, 0.25) is 0 Å². The van der Waals surface area contributed by atoms with E-state index in [0.717, 1.165) is 48.6 Å². The Kier molecular flexibility index (Phi) is 9.04. The lowest BCUT2D eigenvalue weighted by molar-refractivity contribution is -0.131. The predicted molar refractivity (Wildman–Crippen MR) is 141 cm³/mol. The van der Waals surface area contributed by atoms with Gasteiger partial charge < -0.3 is 29.8 Å². The van der Waals surface area contributed by atoms with Gasteiger partial charge in [0.2, 0.25) is 11.8 Å². The molecule has 1 aliphatic carbocycles. The fraction of sp³-hybridized carbons (Fsp3) is 0.571. The molecule has 1 aromatic heterocycles. The fourth-order valence-corrected chi connectivity index (χ4v) is 5.05. The number of rotatable bonds is 11. The third-order valence-electron chi connectivity index (χ3n) is 7.49. The highest BCUT2D eigenvalue weighted by molar-refractivity contribution is 5.90. The average Bonchev–Trinajstić information content (AvgIpc) is 3.62. The number of hydrogen-bond acceptors (Lipinski definition) is 7. The summed E-state index contributed by atoms with van der Waals surface area (Å²) in [6, 6.07) is 2.91. The number of fused-ring (bicyclic) bond motifs is 3. The second-order valence-corrected chi connectivity index (χ2v) is 10.1. The number of hydrogen-bond donors (Lipinski definition) is 3. The molecule has 3 N–H and O–H groups in total. The standard InChI is InChI=1S/C28H37N3O7/c1-4-16(2)25(27(34)30-13-18-7-6-12-36-18)31-23(32)14-29-24(33)15-37-22-11-10-20-19-8-5-9-21(19)28(35)38-26(20)17(22)3/h10-11,16,18,25H,4-9,12-15H2,1-3H3,(H,29,33)(H,30,34)(H,31,32)/t16-,18+,25-/m0/s1. The summed E-state index contributed by atoms with van der Waals surface area (Å²) < 4.78 is 16.8. The monoisotopic (exact) mass is 527 g/mol. The number of ether oxygens (including phenoxy) is 2. The van der Waals surface area contributed by atoms with Crippen LogP contribution in [0.3, 0.4) is 0 Å². The molecule has 0 unspecified atom stereocenters. The first kappa shape index (κ1) is 27.6. The second kappa shape index (κ2) is 12.4. The topological polar surface area (TPSA) is 136 Å².